The van der Waals surface area contributed by atoms with Crippen molar-refractivity contribution in [2.24, 2.45) is 0 Å². The van der Waals surface area contributed by atoms with E-state index in [9.17, 15) is 23.1 Å². The lowest BCUT2D eigenvalue weighted by Gasteiger charge is -2.28. The van der Waals surface area contributed by atoms with E-state index in [2.05, 4.69) is 4.98 Å². The summed E-state index contributed by atoms with van der Waals surface area (Å²) in [6.07, 6.45) is 2.28. The van der Waals surface area contributed by atoms with Crippen molar-refractivity contribution in [3.63, 3.8) is 0 Å². The van der Waals surface area contributed by atoms with E-state index < -0.39 is 27.9 Å². The Morgan fingerprint density at radius 3 is 2.44 bits per heavy atom. The van der Waals surface area contributed by atoms with Gasteiger partial charge < -0.3 is 9.84 Å². The summed E-state index contributed by atoms with van der Waals surface area (Å²) in [6, 6.07) is -0.314. The number of pyridine rings is 1. The number of nitrogens with zero attached hydrogens (tertiary/aromatic N) is 3. The molecule has 1 N–H and O–H groups in total. The molecule has 0 bridgehead atoms. The summed E-state index contributed by atoms with van der Waals surface area (Å²) in [6.45, 7) is 4.08. The Hall–Kier alpha value is -2.40. The topological polar surface area (TPSA) is 117 Å². The summed E-state index contributed by atoms with van der Waals surface area (Å²) in [4.78, 5) is 31.2. The molecule has 32 heavy (non-hydrogen) atoms. The quantitative estimate of drug-likeness (QED) is 0.680. The minimum absolute atomic E-state index is 0.0507. The standard InChI is InChI=1S/C20H19Cl2N3O6S/c1-9(2)10-4-14-11(7-24(3)8-31-14)18-15(10)19(26)25(32(18,29)30)17(20(27)28)16-12(21)5-23-6-13(16)22/h4-6,9,17H,7-8H2,1-3H3,(H,27,28). The molecule has 1 aromatic heterocycles. The van der Waals surface area contributed by atoms with Gasteiger partial charge in [-0.25, -0.2) is 17.5 Å². The van der Waals surface area contributed by atoms with Gasteiger partial charge in [-0.3, -0.25) is 14.7 Å². The normalized spacial score (nSPS) is 18.3. The summed E-state index contributed by atoms with van der Waals surface area (Å²) in [5, 5.41) is 9.66. The first-order valence-electron chi connectivity index (χ1n) is 9.58. The number of carboxylic acids is 1. The molecule has 2 aliphatic heterocycles. The summed E-state index contributed by atoms with van der Waals surface area (Å²) in [5.74, 6) is -2.42. The molecule has 1 atom stereocenters. The Morgan fingerprint density at radius 2 is 1.88 bits per heavy atom. The van der Waals surface area contributed by atoms with E-state index in [1.54, 1.807) is 18.0 Å². The first-order chi connectivity index (χ1) is 15.0. The monoisotopic (exact) mass is 499 g/mol. The van der Waals surface area contributed by atoms with Gasteiger partial charge in [-0.05, 0) is 24.6 Å². The molecule has 4 rings (SSSR count). The number of carbonyl (C=O) groups excluding carboxylic acids is 1. The van der Waals surface area contributed by atoms with Gasteiger partial charge in [0.15, 0.2) is 6.04 Å². The molecule has 0 saturated carbocycles. The van der Waals surface area contributed by atoms with Crippen LogP contribution in [0.2, 0.25) is 10.0 Å². The average Bonchev–Trinajstić information content (AvgIpc) is 2.90. The molecule has 2 aliphatic rings. The number of benzene rings is 1. The molecule has 170 valence electrons. The lowest BCUT2D eigenvalue weighted by atomic mass is 9.93. The van der Waals surface area contributed by atoms with Crippen molar-refractivity contribution in [3.8, 4) is 5.75 Å². The lowest BCUT2D eigenvalue weighted by Crippen LogP contribution is -2.39. The van der Waals surface area contributed by atoms with E-state index in [1.807, 2.05) is 13.8 Å². The number of rotatable bonds is 4. The van der Waals surface area contributed by atoms with Gasteiger partial charge in [0, 0.05) is 30.1 Å². The number of sulfonamides is 1. The van der Waals surface area contributed by atoms with Gasteiger partial charge in [-0.15, -0.1) is 0 Å². The van der Waals surface area contributed by atoms with Gasteiger partial charge in [0.2, 0.25) is 0 Å². The van der Waals surface area contributed by atoms with Crippen LogP contribution in [0.3, 0.4) is 0 Å². The molecule has 0 radical (unpaired) electrons. The van der Waals surface area contributed by atoms with E-state index >= 15 is 0 Å². The molecule has 3 heterocycles. The second-order valence-corrected chi connectivity index (χ2v) is 10.5. The van der Waals surface area contributed by atoms with E-state index in [1.165, 1.54) is 0 Å². The molecule has 0 fully saturated rings. The second kappa shape index (κ2) is 7.87. The zero-order valence-electron chi connectivity index (χ0n) is 17.3. The molecule has 12 heteroatoms. The fraction of sp³-hybridized carbons (Fsp3) is 0.350. The second-order valence-electron chi connectivity index (χ2n) is 7.95. The van der Waals surface area contributed by atoms with Crippen LogP contribution in [0, 0.1) is 0 Å². The summed E-state index contributed by atoms with van der Waals surface area (Å²) in [7, 11) is -2.84. The van der Waals surface area contributed by atoms with Crippen molar-refractivity contribution in [1.82, 2.24) is 14.2 Å². The maximum atomic E-state index is 13.8. The van der Waals surface area contributed by atoms with Crippen LogP contribution in [0.1, 0.15) is 52.9 Å². The maximum Gasteiger partial charge on any atom is 0.332 e. The number of aromatic nitrogens is 1. The third kappa shape index (κ3) is 3.33. The van der Waals surface area contributed by atoms with E-state index in [0.717, 1.165) is 12.4 Å². The van der Waals surface area contributed by atoms with Crippen molar-refractivity contribution >= 4 is 45.1 Å². The highest BCUT2D eigenvalue weighted by atomic mass is 35.5. The largest absolute Gasteiger partial charge is 0.479 e. The van der Waals surface area contributed by atoms with Gasteiger partial charge in [0.25, 0.3) is 15.9 Å². The third-order valence-electron chi connectivity index (χ3n) is 5.43. The van der Waals surface area contributed by atoms with Crippen LogP contribution in [0.4, 0.5) is 0 Å². The zero-order valence-corrected chi connectivity index (χ0v) is 19.6. The van der Waals surface area contributed by atoms with Gasteiger partial charge >= 0.3 is 5.97 Å². The molecule has 0 spiro atoms. The Kier molecular flexibility index (Phi) is 5.61. The Labute approximate surface area is 194 Å². The number of halogens is 2. The predicted molar refractivity (Wildman–Crippen MR) is 115 cm³/mol. The minimum Gasteiger partial charge on any atom is -0.479 e. The van der Waals surface area contributed by atoms with Crippen LogP contribution in [-0.2, 0) is 21.4 Å². The van der Waals surface area contributed by atoms with E-state index in [0.29, 0.717) is 21.2 Å². The van der Waals surface area contributed by atoms with Crippen LogP contribution < -0.4 is 4.74 Å². The summed E-state index contributed by atoms with van der Waals surface area (Å²) >= 11 is 12.3. The SMILES string of the molecule is CC(C)c1cc2c(c3c1C(=O)N(C(C(=O)O)c1c(Cl)cncc1Cl)S3(=O)=O)CN(C)CO2. The molecule has 0 aliphatic carbocycles. The van der Waals surface area contributed by atoms with Gasteiger partial charge in [0.05, 0.1) is 15.6 Å². The Bertz CT molecular complexity index is 1240. The van der Waals surface area contributed by atoms with Crippen molar-refractivity contribution in [2.45, 2.75) is 37.2 Å². The van der Waals surface area contributed by atoms with Gasteiger partial charge in [-0.2, -0.15) is 0 Å². The average molecular weight is 500 g/mol. The van der Waals surface area contributed by atoms with Crippen molar-refractivity contribution in [1.29, 1.82) is 0 Å². The highest BCUT2D eigenvalue weighted by Crippen LogP contribution is 2.47. The number of carbonyl (C=O) groups is 2. The Morgan fingerprint density at radius 1 is 1.25 bits per heavy atom. The molecular formula is C20H19Cl2N3O6S. The zero-order chi connectivity index (χ0) is 23.5. The fourth-order valence-corrected chi connectivity index (χ4v) is 6.52. The number of fused-ring (bicyclic) bond motifs is 3. The first-order valence-corrected chi connectivity index (χ1v) is 11.8. The third-order valence-corrected chi connectivity index (χ3v) is 7.89. The molecule has 1 unspecified atom stereocenters. The molecule has 1 amide bonds. The van der Waals surface area contributed by atoms with Crippen molar-refractivity contribution in [2.75, 3.05) is 13.8 Å². The summed E-state index contributed by atoms with van der Waals surface area (Å²) in [5.41, 5.74) is 0.486. The molecule has 0 saturated heterocycles. The number of hydrogen-bond acceptors (Lipinski definition) is 7. The van der Waals surface area contributed by atoms with E-state index in [4.69, 9.17) is 27.9 Å². The minimum atomic E-state index is -4.58. The molecule has 1 aromatic carbocycles. The molecule has 9 nitrogen and oxygen atoms in total. The molecule has 2 aromatic rings. The van der Waals surface area contributed by atoms with Crippen molar-refractivity contribution in [3.05, 3.63) is 50.8 Å². The number of aliphatic carboxylic acids is 1. The van der Waals surface area contributed by atoms with Crippen LogP contribution in [0.25, 0.3) is 0 Å². The van der Waals surface area contributed by atoms with Crippen LogP contribution in [0.15, 0.2) is 23.4 Å². The number of amides is 1. The predicted octanol–water partition coefficient (Wildman–Crippen LogP) is 3.26. The van der Waals surface area contributed by atoms with E-state index in [-0.39, 0.29) is 45.3 Å². The van der Waals surface area contributed by atoms with Crippen LogP contribution >= 0.6 is 23.2 Å². The summed E-state index contributed by atoms with van der Waals surface area (Å²) < 4.78 is 33.6. The number of ether oxygens (including phenoxy) is 1. The maximum absolute atomic E-state index is 13.8. The highest BCUT2D eigenvalue weighted by molar-refractivity contribution is 7.90. The fourth-order valence-electron chi connectivity index (χ4n) is 4.03. The smallest absolute Gasteiger partial charge is 0.332 e. The number of carboxylic acid groups (broad SMARTS) is 1. The van der Waals surface area contributed by atoms with Gasteiger partial charge in [-0.1, -0.05) is 37.0 Å². The van der Waals surface area contributed by atoms with Gasteiger partial charge in [0.1, 0.15) is 17.4 Å². The Balaban J connectivity index is 2.03. The molecular weight excluding hydrogens is 481 g/mol. The highest BCUT2D eigenvalue weighted by Gasteiger charge is 2.52. The van der Waals surface area contributed by atoms with Crippen LogP contribution in [-0.4, -0.2) is 53.4 Å². The first kappa shape index (κ1) is 22.8. The number of hydrogen-bond donors (Lipinski definition) is 1. The van der Waals surface area contributed by atoms with Crippen molar-refractivity contribution < 1.29 is 27.9 Å². The lowest BCUT2D eigenvalue weighted by molar-refractivity contribution is -0.141. The van der Waals surface area contributed by atoms with Crippen LogP contribution in [0.5, 0.6) is 5.75 Å².